The van der Waals surface area contributed by atoms with E-state index in [1.807, 2.05) is 84.9 Å². The van der Waals surface area contributed by atoms with Gasteiger partial charge < -0.3 is 8.83 Å². The molecule has 10 nitrogen and oxygen atoms in total. The van der Waals surface area contributed by atoms with Gasteiger partial charge in [0.25, 0.3) is 0 Å². The van der Waals surface area contributed by atoms with Crippen LogP contribution in [0.25, 0.3) is 66.4 Å². The zero-order chi connectivity index (χ0) is 43.2. The standard InChI is InChI=1S/C50H28N2O8S2/c51-29-41-27-47(61(55,56)43-17-9-33(10-18-43)31-1-5-35(6-2-31)37-13-21-45-39(25-37)15-23-49(53)59-45)48(28-42(41)30-52)62(57,58)44-19-11-34(12-20-44)32-3-7-36(8-4-32)38-14-22-46-40(26-38)16-24-50(54)60-46/h1-28H. The number of fused-ring (bicyclic) bond motifs is 2. The Hall–Kier alpha value is -8.16. The SMILES string of the molecule is N#Cc1cc(S(=O)(=O)c2ccc(-c3ccc(-c4ccc5oc(=O)ccc5c4)cc3)cc2)c(S(=O)(=O)c2ccc(-c3ccc(-c4ccc5oc(=O)ccc5c4)cc3)cc2)cc1C#N. The fourth-order valence-corrected chi connectivity index (χ4v) is 10.6. The highest BCUT2D eigenvalue weighted by atomic mass is 32.2. The Morgan fingerprint density at radius 2 is 0.645 bits per heavy atom. The van der Waals surface area contributed by atoms with Crippen molar-refractivity contribution in [2.24, 2.45) is 0 Å². The van der Waals surface area contributed by atoms with Crippen LogP contribution < -0.4 is 11.3 Å². The number of hydrogen-bond donors (Lipinski definition) is 0. The zero-order valence-electron chi connectivity index (χ0n) is 32.1. The Kier molecular flexibility index (Phi) is 9.80. The van der Waals surface area contributed by atoms with Gasteiger partial charge >= 0.3 is 11.3 Å². The molecule has 0 spiro atoms. The Bertz CT molecular complexity index is 3450. The van der Waals surface area contributed by atoms with Crippen LogP contribution in [0.5, 0.6) is 0 Å². The first-order chi connectivity index (χ1) is 29.9. The van der Waals surface area contributed by atoms with Crippen LogP contribution in [-0.4, -0.2) is 16.8 Å². The van der Waals surface area contributed by atoms with Gasteiger partial charge in [-0.05, 0) is 117 Å². The molecule has 0 aliphatic carbocycles. The summed E-state index contributed by atoms with van der Waals surface area (Å²) in [5.41, 5.74) is 6.14. The van der Waals surface area contributed by atoms with E-state index in [1.165, 1.54) is 36.4 Å². The van der Waals surface area contributed by atoms with E-state index in [9.17, 15) is 36.9 Å². The molecule has 0 saturated heterocycles. The zero-order valence-corrected chi connectivity index (χ0v) is 33.8. The molecule has 0 unspecified atom stereocenters. The minimum absolute atomic E-state index is 0.209. The second-order valence-electron chi connectivity index (χ2n) is 14.3. The van der Waals surface area contributed by atoms with E-state index >= 15 is 0 Å². The molecule has 298 valence electrons. The van der Waals surface area contributed by atoms with E-state index < -0.39 is 40.7 Å². The predicted molar refractivity (Wildman–Crippen MR) is 233 cm³/mol. The molecule has 9 rings (SSSR count). The molecule has 0 fully saturated rings. The van der Waals surface area contributed by atoms with Gasteiger partial charge in [-0.3, -0.25) is 0 Å². The number of sulfone groups is 2. The van der Waals surface area contributed by atoms with Crippen LogP contribution >= 0.6 is 0 Å². The molecule has 2 aromatic heterocycles. The molecule has 0 aliphatic rings. The van der Waals surface area contributed by atoms with Crippen molar-refractivity contribution in [3.63, 3.8) is 0 Å². The lowest BCUT2D eigenvalue weighted by atomic mass is 9.99. The van der Waals surface area contributed by atoms with Crippen LogP contribution in [0.4, 0.5) is 0 Å². The maximum absolute atomic E-state index is 14.3. The summed E-state index contributed by atoms with van der Waals surface area (Å²) in [5.74, 6) is 0. The molecule has 0 atom stereocenters. The lowest BCUT2D eigenvalue weighted by molar-refractivity contribution is 0.561. The Labute approximate surface area is 354 Å². The smallest absolute Gasteiger partial charge is 0.336 e. The van der Waals surface area contributed by atoms with Gasteiger partial charge in [0.1, 0.15) is 23.3 Å². The third-order valence-electron chi connectivity index (χ3n) is 10.6. The summed E-state index contributed by atoms with van der Waals surface area (Å²) in [6.07, 6.45) is 0. The van der Waals surface area contributed by atoms with E-state index in [0.717, 1.165) is 56.3 Å². The van der Waals surface area contributed by atoms with E-state index in [-0.39, 0.29) is 20.9 Å². The van der Waals surface area contributed by atoms with E-state index in [2.05, 4.69) is 0 Å². The number of nitrogens with zero attached hydrogens (tertiary/aromatic N) is 2. The van der Waals surface area contributed by atoms with Crippen LogP contribution in [0, 0.1) is 22.7 Å². The molecule has 7 aromatic carbocycles. The predicted octanol–water partition coefficient (Wildman–Crippen LogP) is 9.98. The topological polar surface area (TPSA) is 176 Å². The maximum Gasteiger partial charge on any atom is 0.336 e. The summed E-state index contributed by atoms with van der Waals surface area (Å²) in [5, 5.41) is 21.2. The first-order valence-corrected chi connectivity index (χ1v) is 21.9. The van der Waals surface area contributed by atoms with Crippen molar-refractivity contribution < 1.29 is 25.7 Å². The maximum atomic E-state index is 14.3. The number of nitriles is 2. The average Bonchev–Trinajstić information content (AvgIpc) is 3.31. The van der Waals surface area contributed by atoms with Crippen LogP contribution in [0.3, 0.4) is 0 Å². The first-order valence-electron chi connectivity index (χ1n) is 18.9. The molecular formula is C50H28N2O8S2. The third kappa shape index (κ3) is 7.26. The van der Waals surface area contributed by atoms with Crippen molar-refractivity contribution in [3.8, 4) is 56.6 Å². The van der Waals surface area contributed by atoms with Gasteiger partial charge in [0.15, 0.2) is 0 Å². The molecule has 0 aliphatic heterocycles. The molecule has 0 saturated carbocycles. The summed E-state index contributed by atoms with van der Waals surface area (Å²) in [4.78, 5) is 21.5. The number of benzene rings is 7. The monoisotopic (exact) mass is 848 g/mol. The van der Waals surface area contributed by atoms with Gasteiger partial charge in [-0.1, -0.05) is 84.9 Å². The average molecular weight is 849 g/mol. The second kappa shape index (κ2) is 15.5. The molecule has 2 heterocycles. The van der Waals surface area contributed by atoms with Gasteiger partial charge in [-0.15, -0.1) is 0 Å². The molecule has 0 radical (unpaired) electrons. The Balaban J connectivity index is 0.991. The molecule has 62 heavy (non-hydrogen) atoms. The minimum atomic E-state index is -4.56. The Morgan fingerprint density at radius 1 is 0.355 bits per heavy atom. The highest BCUT2D eigenvalue weighted by molar-refractivity contribution is 7.94. The van der Waals surface area contributed by atoms with E-state index in [4.69, 9.17) is 8.83 Å². The van der Waals surface area contributed by atoms with Gasteiger partial charge in [-0.25, -0.2) is 26.4 Å². The second-order valence-corrected chi connectivity index (χ2v) is 18.1. The van der Waals surface area contributed by atoms with Gasteiger partial charge in [0, 0.05) is 22.9 Å². The molecule has 9 aromatic rings. The van der Waals surface area contributed by atoms with Crippen LogP contribution in [-0.2, 0) is 19.7 Å². The molecule has 0 amide bonds. The highest BCUT2D eigenvalue weighted by Gasteiger charge is 2.31. The Morgan fingerprint density at radius 3 is 0.968 bits per heavy atom. The summed E-state index contributed by atoms with van der Waals surface area (Å²) < 4.78 is 67.7. The summed E-state index contributed by atoms with van der Waals surface area (Å²) in [6.45, 7) is 0. The number of rotatable bonds is 8. The van der Waals surface area contributed by atoms with E-state index in [0.29, 0.717) is 22.3 Å². The molecule has 0 N–H and O–H groups in total. The molecule has 0 bridgehead atoms. The van der Waals surface area contributed by atoms with Gasteiger partial charge in [0.05, 0.1) is 30.7 Å². The van der Waals surface area contributed by atoms with Crippen LogP contribution in [0.15, 0.2) is 208 Å². The van der Waals surface area contributed by atoms with Crippen molar-refractivity contribution in [1.82, 2.24) is 0 Å². The summed E-state index contributed by atoms with van der Waals surface area (Å²) in [6, 6.07) is 49.8. The van der Waals surface area contributed by atoms with Gasteiger partial charge in [-0.2, -0.15) is 10.5 Å². The first kappa shape index (κ1) is 39.3. The fraction of sp³-hybridized carbons (Fsp3) is 0. The van der Waals surface area contributed by atoms with Crippen molar-refractivity contribution in [1.29, 1.82) is 10.5 Å². The van der Waals surface area contributed by atoms with Crippen molar-refractivity contribution in [2.75, 3.05) is 0 Å². The van der Waals surface area contributed by atoms with Crippen LogP contribution in [0.2, 0.25) is 0 Å². The highest BCUT2D eigenvalue weighted by Crippen LogP contribution is 2.36. The quantitative estimate of drug-likeness (QED) is 0.134. The fourth-order valence-electron chi connectivity index (χ4n) is 7.29. The van der Waals surface area contributed by atoms with Gasteiger partial charge in [0.2, 0.25) is 19.7 Å². The minimum Gasteiger partial charge on any atom is -0.423 e. The molecular weight excluding hydrogens is 821 g/mol. The lowest BCUT2D eigenvalue weighted by Crippen LogP contribution is -2.12. The van der Waals surface area contributed by atoms with E-state index in [1.54, 1.807) is 48.5 Å². The van der Waals surface area contributed by atoms with Crippen molar-refractivity contribution in [3.05, 3.63) is 202 Å². The largest absolute Gasteiger partial charge is 0.423 e. The van der Waals surface area contributed by atoms with Crippen molar-refractivity contribution >= 4 is 41.6 Å². The van der Waals surface area contributed by atoms with Crippen molar-refractivity contribution in [2.45, 2.75) is 19.6 Å². The third-order valence-corrected chi connectivity index (χ3v) is 14.3. The molecule has 12 heteroatoms. The van der Waals surface area contributed by atoms with Crippen LogP contribution in [0.1, 0.15) is 11.1 Å². The lowest BCUT2D eigenvalue weighted by Gasteiger charge is -2.14. The normalized spacial score (nSPS) is 11.6. The summed E-state index contributed by atoms with van der Waals surface area (Å²) in [7, 11) is -9.12. The summed E-state index contributed by atoms with van der Waals surface area (Å²) >= 11 is 0. The number of hydrogen-bond acceptors (Lipinski definition) is 10.